The molecule has 0 bridgehead atoms. The highest BCUT2D eigenvalue weighted by atomic mass is 32.1. The van der Waals surface area contributed by atoms with Crippen molar-refractivity contribution in [1.82, 2.24) is 9.97 Å². The second kappa shape index (κ2) is 4.22. The molecule has 2 heterocycles. The zero-order valence-corrected chi connectivity index (χ0v) is 10.5. The van der Waals surface area contributed by atoms with E-state index in [1.807, 2.05) is 6.07 Å². The van der Waals surface area contributed by atoms with Crippen LogP contribution >= 0.6 is 11.3 Å². The second-order valence-electron chi connectivity index (χ2n) is 4.10. The number of anilines is 1. The van der Waals surface area contributed by atoms with Crippen LogP contribution in [0, 0.1) is 6.92 Å². The predicted molar refractivity (Wildman–Crippen MR) is 68.6 cm³/mol. The molecule has 2 rings (SSSR count). The van der Waals surface area contributed by atoms with E-state index in [1.54, 1.807) is 11.3 Å². The maximum Gasteiger partial charge on any atom is 0.133 e. The highest BCUT2D eigenvalue weighted by Gasteiger charge is 2.09. The van der Waals surface area contributed by atoms with E-state index in [0.717, 1.165) is 16.4 Å². The molecule has 84 valence electrons. The molecular formula is C12H15N3S. The van der Waals surface area contributed by atoms with Gasteiger partial charge in [0.1, 0.15) is 11.6 Å². The first-order valence-corrected chi connectivity index (χ1v) is 6.09. The lowest BCUT2D eigenvalue weighted by Gasteiger charge is -2.06. The Morgan fingerprint density at radius 3 is 2.56 bits per heavy atom. The number of thiophene rings is 1. The molecule has 0 saturated heterocycles. The summed E-state index contributed by atoms with van der Waals surface area (Å²) in [6.07, 6.45) is 0. The maximum absolute atomic E-state index is 5.79. The minimum atomic E-state index is 0.295. The van der Waals surface area contributed by atoms with Crippen LogP contribution in [-0.2, 0) is 0 Å². The zero-order valence-electron chi connectivity index (χ0n) is 9.69. The molecular weight excluding hydrogens is 218 g/mol. The van der Waals surface area contributed by atoms with E-state index >= 15 is 0 Å². The van der Waals surface area contributed by atoms with Crippen molar-refractivity contribution < 1.29 is 0 Å². The van der Waals surface area contributed by atoms with Gasteiger partial charge in [-0.3, -0.25) is 0 Å². The average Bonchev–Trinajstić information content (AvgIpc) is 2.64. The van der Waals surface area contributed by atoms with Gasteiger partial charge in [0.25, 0.3) is 0 Å². The highest BCUT2D eigenvalue weighted by molar-refractivity contribution is 7.15. The minimum absolute atomic E-state index is 0.295. The van der Waals surface area contributed by atoms with Crippen LogP contribution in [0.2, 0.25) is 0 Å². The Hall–Kier alpha value is -1.42. The number of rotatable bonds is 2. The van der Waals surface area contributed by atoms with E-state index in [9.17, 15) is 0 Å². The summed E-state index contributed by atoms with van der Waals surface area (Å²) in [4.78, 5) is 11.2. The molecule has 0 atom stereocenters. The standard InChI is InChI=1S/C12H15N3S/c1-7(2)12-14-9(6-11(13)15-12)10-5-4-8(3)16-10/h4-7H,1-3H3,(H2,13,14,15). The van der Waals surface area contributed by atoms with Crippen molar-refractivity contribution in [3.05, 3.63) is 28.9 Å². The number of nitrogens with two attached hydrogens (primary N) is 1. The van der Waals surface area contributed by atoms with Gasteiger partial charge >= 0.3 is 0 Å². The van der Waals surface area contributed by atoms with Crippen molar-refractivity contribution in [2.45, 2.75) is 26.7 Å². The SMILES string of the molecule is Cc1ccc(-c2cc(N)nc(C(C)C)n2)s1. The summed E-state index contributed by atoms with van der Waals surface area (Å²) in [6.45, 7) is 6.22. The smallest absolute Gasteiger partial charge is 0.133 e. The third-order valence-electron chi connectivity index (χ3n) is 2.27. The molecule has 0 aliphatic rings. The molecule has 0 fully saturated rings. The van der Waals surface area contributed by atoms with Gasteiger partial charge in [0.05, 0.1) is 10.6 Å². The topological polar surface area (TPSA) is 51.8 Å². The molecule has 0 aliphatic heterocycles. The van der Waals surface area contributed by atoms with E-state index in [0.29, 0.717) is 11.7 Å². The number of aromatic nitrogens is 2. The van der Waals surface area contributed by atoms with Gasteiger partial charge in [0.2, 0.25) is 0 Å². The summed E-state index contributed by atoms with van der Waals surface area (Å²) in [5, 5.41) is 0. The molecule has 0 radical (unpaired) electrons. The molecule has 0 aliphatic carbocycles. The fourth-order valence-electron chi connectivity index (χ4n) is 1.44. The van der Waals surface area contributed by atoms with E-state index in [1.165, 1.54) is 4.88 Å². The third kappa shape index (κ3) is 2.22. The van der Waals surface area contributed by atoms with Gasteiger partial charge in [0, 0.05) is 16.9 Å². The number of nitrogens with zero attached hydrogens (tertiary/aromatic N) is 2. The summed E-state index contributed by atoms with van der Waals surface area (Å²) in [5.41, 5.74) is 6.72. The van der Waals surface area contributed by atoms with E-state index in [-0.39, 0.29) is 0 Å². The Labute approximate surface area is 99.4 Å². The van der Waals surface area contributed by atoms with Gasteiger partial charge in [-0.2, -0.15) is 0 Å². The molecule has 0 unspecified atom stereocenters. The molecule has 0 amide bonds. The first-order valence-electron chi connectivity index (χ1n) is 5.27. The largest absolute Gasteiger partial charge is 0.384 e. The quantitative estimate of drug-likeness (QED) is 0.866. The van der Waals surface area contributed by atoms with Gasteiger partial charge in [-0.1, -0.05) is 13.8 Å². The predicted octanol–water partition coefficient (Wildman–Crippen LogP) is 3.22. The lowest BCUT2D eigenvalue weighted by Crippen LogP contribution is -2.02. The van der Waals surface area contributed by atoms with Gasteiger partial charge in [-0.25, -0.2) is 9.97 Å². The zero-order chi connectivity index (χ0) is 11.7. The van der Waals surface area contributed by atoms with Crippen LogP contribution in [0.1, 0.15) is 30.5 Å². The van der Waals surface area contributed by atoms with Crippen molar-refractivity contribution in [3.8, 4) is 10.6 Å². The van der Waals surface area contributed by atoms with Crippen LogP contribution in [0.3, 0.4) is 0 Å². The van der Waals surface area contributed by atoms with E-state index in [2.05, 4.69) is 42.9 Å². The number of hydrogen-bond donors (Lipinski definition) is 1. The summed E-state index contributed by atoms with van der Waals surface area (Å²) in [5.74, 6) is 1.64. The third-order valence-corrected chi connectivity index (χ3v) is 3.30. The number of nitrogen functional groups attached to an aromatic ring is 1. The van der Waals surface area contributed by atoms with Crippen LogP contribution in [0.15, 0.2) is 18.2 Å². The van der Waals surface area contributed by atoms with Crippen molar-refractivity contribution >= 4 is 17.2 Å². The molecule has 2 aromatic heterocycles. The van der Waals surface area contributed by atoms with E-state index < -0.39 is 0 Å². The normalized spacial score (nSPS) is 11.0. The van der Waals surface area contributed by atoms with Gasteiger partial charge in [-0.05, 0) is 19.1 Å². The van der Waals surface area contributed by atoms with Crippen molar-refractivity contribution in [2.24, 2.45) is 0 Å². The second-order valence-corrected chi connectivity index (χ2v) is 5.39. The lowest BCUT2D eigenvalue weighted by atomic mass is 10.2. The molecule has 0 spiro atoms. The summed E-state index contributed by atoms with van der Waals surface area (Å²) in [6, 6.07) is 6.00. The summed E-state index contributed by atoms with van der Waals surface area (Å²) < 4.78 is 0. The number of aryl methyl sites for hydroxylation is 1. The molecule has 0 aromatic carbocycles. The van der Waals surface area contributed by atoms with Crippen LogP contribution in [0.25, 0.3) is 10.6 Å². The van der Waals surface area contributed by atoms with Crippen LogP contribution in [-0.4, -0.2) is 9.97 Å². The van der Waals surface area contributed by atoms with Gasteiger partial charge in [-0.15, -0.1) is 11.3 Å². The van der Waals surface area contributed by atoms with Crippen LogP contribution < -0.4 is 5.73 Å². The van der Waals surface area contributed by atoms with E-state index in [4.69, 9.17) is 5.73 Å². The number of hydrogen-bond acceptors (Lipinski definition) is 4. The lowest BCUT2D eigenvalue weighted by molar-refractivity contribution is 0.779. The summed E-state index contributed by atoms with van der Waals surface area (Å²) in [7, 11) is 0. The maximum atomic E-state index is 5.79. The fraction of sp³-hybridized carbons (Fsp3) is 0.333. The van der Waals surface area contributed by atoms with Crippen molar-refractivity contribution in [1.29, 1.82) is 0 Å². The molecule has 4 heteroatoms. The Bertz CT molecular complexity index is 503. The first kappa shape index (κ1) is 11.1. The van der Waals surface area contributed by atoms with Gasteiger partial charge in [0.15, 0.2) is 0 Å². The Balaban J connectivity index is 2.49. The van der Waals surface area contributed by atoms with Crippen LogP contribution in [0.5, 0.6) is 0 Å². The van der Waals surface area contributed by atoms with Crippen molar-refractivity contribution in [3.63, 3.8) is 0 Å². The molecule has 2 aromatic rings. The molecule has 16 heavy (non-hydrogen) atoms. The first-order chi connectivity index (χ1) is 7.56. The molecule has 0 saturated carbocycles. The van der Waals surface area contributed by atoms with Gasteiger partial charge < -0.3 is 5.73 Å². The minimum Gasteiger partial charge on any atom is -0.384 e. The monoisotopic (exact) mass is 233 g/mol. The summed E-state index contributed by atoms with van der Waals surface area (Å²) >= 11 is 1.72. The molecule has 3 nitrogen and oxygen atoms in total. The fourth-order valence-corrected chi connectivity index (χ4v) is 2.27. The highest BCUT2D eigenvalue weighted by Crippen LogP contribution is 2.27. The molecule has 2 N–H and O–H groups in total. The Kier molecular flexibility index (Phi) is 2.92. The van der Waals surface area contributed by atoms with Crippen LogP contribution in [0.4, 0.5) is 5.82 Å². The van der Waals surface area contributed by atoms with Crippen molar-refractivity contribution in [2.75, 3.05) is 5.73 Å². The Morgan fingerprint density at radius 2 is 2.00 bits per heavy atom. The Morgan fingerprint density at radius 1 is 1.25 bits per heavy atom. The average molecular weight is 233 g/mol.